The van der Waals surface area contributed by atoms with Gasteiger partial charge in [-0.1, -0.05) is 6.92 Å². The Bertz CT molecular complexity index is 690. The Morgan fingerprint density at radius 3 is 2.88 bits per heavy atom. The lowest BCUT2D eigenvalue weighted by atomic mass is 10.4. The molecule has 9 nitrogen and oxygen atoms in total. The number of carbonyl (C=O) groups excluding carboxylic acids is 1. The zero-order valence-electron chi connectivity index (χ0n) is 14.0. The molecule has 0 spiro atoms. The molecule has 2 aromatic rings. The van der Waals surface area contributed by atoms with Gasteiger partial charge < -0.3 is 25.4 Å². The van der Waals surface area contributed by atoms with Crippen molar-refractivity contribution >= 4 is 11.9 Å². The predicted molar refractivity (Wildman–Crippen MR) is 89.4 cm³/mol. The Hall–Kier alpha value is -2.84. The Labute approximate surface area is 140 Å². The van der Waals surface area contributed by atoms with Gasteiger partial charge in [-0.05, 0) is 19.1 Å². The molecule has 0 saturated heterocycles. The summed E-state index contributed by atoms with van der Waals surface area (Å²) in [5.74, 6) is 1.75. The van der Waals surface area contributed by atoms with Crippen LogP contribution in [0.3, 0.4) is 0 Å². The average Bonchev–Trinajstić information content (AvgIpc) is 3.21. The zero-order valence-corrected chi connectivity index (χ0v) is 14.0. The van der Waals surface area contributed by atoms with Gasteiger partial charge in [-0.15, -0.1) is 10.2 Å². The van der Waals surface area contributed by atoms with E-state index in [4.69, 9.17) is 10.2 Å². The van der Waals surface area contributed by atoms with Crippen molar-refractivity contribution in [1.82, 2.24) is 25.4 Å². The quantitative estimate of drug-likeness (QED) is 0.471. The highest BCUT2D eigenvalue weighted by atomic mass is 16.3. The van der Waals surface area contributed by atoms with E-state index in [1.54, 1.807) is 18.5 Å². The number of primary amides is 1. The molecule has 0 atom stereocenters. The molecule has 9 heteroatoms. The third kappa shape index (κ3) is 4.83. The first-order chi connectivity index (χ1) is 11.6. The summed E-state index contributed by atoms with van der Waals surface area (Å²) in [5.41, 5.74) is 5.16. The zero-order chi connectivity index (χ0) is 17.4. The molecular formula is C15H23N7O2. The fourth-order valence-corrected chi connectivity index (χ4v) is 2.13. The van der Waals surface area contributed by atoms with Crippen LogP contribution in [0, 0.1) is 0 Å². The van der Waals surface area contributed by atoms with E-state index >= 15 is 0 Å². The van der Waals surface area contributed by atoms with Crippen molar-refractivity contribution in [2.45, 2.75) is 33.4 Å². The molecule has 130 valence electrons. The molecule has 0 unspecified atom stereocenters. The van der Waals surface area contributed by atoms with Crippen LogP contribution < -0.4 is 16.4 Å². The van der Waals surface area contributed by atoms with Gasteiger partial charge >= 0.3 is 0 Å². The summed E-state index contributed by atoms with van der Waals surface area (Å²) >= 11 is 0. The van der Waals surface area contributed by atoms with Crippen molar-refractivity contribution < 1.29 is 9.21 Å². The minimum atomic E-state index is -0.587. The molecule has 2 rings (SSSR count). The number of furan rings is 1. The lowest BCUT2D eigenvalue weighted by Crippen LogP contribution is -2.38. The molecule has 0 aliphatic rings. The van der Waals surface area contributed by atoms with Gasteiger partial charge in [0.25, 0.3) is 5.91 Å². The number of rotatable bonds is 8. The number of hydrogen-bond donors (Lipinski definition) is 3. The van der Waals surface area contributed by atoms with Crippen LogP contribution in [0.15, 0.2) is 27.9 Å². The van der Waals surface area contributed by atoms with Gasteiger partial charge in [0.1, 0.15) is 24.5 Å². The molecular weight excluding hydrogens is 310 g/mol. The van der Waals surface area contributed by atoms with Crippen LogP contribution in [-0.4, -0.2) is 39.7 Å². The summed E-state index contributed by atoms with van der Waals surface area (Å²) in [4.78, 5) is 15.4. The monoisotopic (exact) mass is 333 g/mol. The maximum atomic E-state index is 11.0. The van der Waals surface area contributed by atoms with Crippen LogP contribution in [0.4, 0.5) is 0 Å². The summed E-state index contributed by atoms with van der Waals surface area (Å²) in [5, 5.41) is 14.4. The van der Waals surface area contributed by atoms with Gasteiger partial charge in [0.05, 0.1) is 0 Å². The molecule has 0 aliphatic heterocycles. The molecule has 0 fully saturated rings. The van der Waals surface area contributed by atoms with Gasteiger partial charge in [-0.3, -0.25) is 4.79 Å². The maximum Gasteiger partial charge on any atom is 0.284 e. The minimum Gasteiger partial charge on any atom is -0.454 e. The second-order valence-corrected chi connectivity index (χ2v) is 5.05. The van der Waals surface area contributed by atoms with E-state index in [0.717, 1.165) is 25.3 Å². The average molecular weight is 333 g/mol. The molecule has 2 heterocycles. The van der Waals surface area contributed by atoms with Crippen LogP contribution in [0.1, 0.15) is 36.0 Å². The standard InChI is InChI=1S/C15H23N7O2/c1-3-13-21-20-10-22(13)8-7-18-15(17-4-2)19-9-11-5-6-12(24-11)14(16)23/h5-6,10H,3-4,7-9H2,1-2H3,(H2,16,23)(H2,17,18,19). The molecule has 0 saturated carbocycles. The van der Waals surface area contributed by atoms with Crippen LogP contribution in [0.25, 0.3) is 0 Å². The normalized spacial score (nSPS) is 11.5. The molecule has 0 aromatic carbocycles. The first kappa shape index (κ1) is 17.5. The van der Waals surface area contributed by atoms with Gasteiger partial charge in [-0.2, -0.15) is 0 Å². The third-order valence-electron chi connectivity index (χ3n) is 3.30. The summed E-state index contributed by atoms with van der Waals surface area (Å²) in [6.07, 6.45) is 2.56. The number of hydrogen-bond acceptors (Lipinski definition) is 5. The molecule has 0 bridgehead atoms. The van der Waals surface area contributed by atoms with Crippen LogP contribution in [0.2, 0.25) is 0 Å². The Morgan fingerprint density at radius 2 is 2.21 bits per heavy atom. The van der Waals surface area contributed by atoms with Crippen LogP contribution in [0.5, 0.6) is 0 Å². The predicted octanol–water partition coefficient (Wildman–Crippen LogP) is 0.288. The molecule has 4 N–H and O–H groups in total. The van der Waals surface area contributed by atoms with Crippen molar-refractivity contribution in [3.8, 4) is 0 Å². The summed E-state index contributed by atoms with van der Waals surface area (Å²) in [6.45, 7) is 6.51. The third-order valence-corrected chi connectivity index (χ3v) is 3.30. The van der Waals surface area contributed by atoms with E-state index in [9.17, 15) is 4.79 Å². The van der Waals surface area contributed by atoms with E-state index in [-0.39, 0.29) is 5.76 Å². The second kappa shape index (κ2) is 8.70. The number of carbonyl (C=O) groups is 1. The van der Waals surface area contributed by atoms with Gasteiger partial charge in [0.15, 0.2) is 11.7 Å². The number of nitrogens with zero attached hydrogens (tertiary/aromatic N) is 4. The fourth-order valence-electron chi connectivity index (χ4n) is 2.13. The Balaban J connectivity index is 1.89. The van der Waals surface area contributed by atoms with Crippen molar-refractivity contribution in [2.24, 2.45) is 10.7 Å². The number of guanidine groups is 1. The smallest absolute Gasteiger partial charge is 0.284 e. The Kier molecular flexibility index (Phi) is 6.35. The highest BCUT2D eigenvalue weighted by molar-refractivity contribution is 5.89. The number of aliphatic imine (C=N–C) groups is 1. The maximum absolute atomic E-state index is 11.0. The van der Waals surface area contributed by atoms with Crippen LogP contribution >= 0.6 is 0 Å². The number of nitrogens with one attached hydrogen (secondary N) is 2. The number of amides is 1. The lowest BCUT2D eigenvalue weighted by molar-refractivity contribution is 0.0972. The number of aromatic nitrogens is 3. The highest BCUT2D eigenvalue weighted by Gasteiger charge is 2.07. The largest absolute Gasteiger partial charge is 0.454 e. The highest BCUT2D eigenvalue weighted by Crippen LogP contribution is 2.08. The lowest BCUT2D eigenvalue weighted by Gasteiger charge is -2.11. The van der Waals surface area contributed by atoms with Crippen molar-refractivity contribution in [1.29, 1.82) is 0 Å². The molecule has 2 aromatic heterocycles. The van der Waals surface area contributed by atoms with Crippen molar-refractivity contribution in [2.75, 3.05) is 13.1 Å². The first-order valence-electron chi connectivity index (χ1n) is 7.91. The number of nitrogens with two attached hydrogens (primary N) is 1. The number of aryl methyl sites for hydroxylation is 1. The Morgan fingerprint density at radius 1 is 1.38 bits per heavy atom. The molecule has 1 amide bonds. The van der Waals surface area contributed by atoms with Gasteiger partial charge in [0.2, 0.25) is 0 Å². The van der Waals surface area contributed by atoms with Crippen LogP contribution in [-0.2, 0) is 19.5 Å². The van der Waals surface area contributed by atoms with Crippen molar-refractivity contribution in [3.63, 3.8) is 0 Å². The summed E-state index contributed by atoms with van der Waals surface area (Å²) < 4.78 is 7.31. The molecule has 24 heavy (non-hydrogen) atoms. The van der Waals surface area contributed by atoms with E-state index < -0.39 is 5.91 Å². The minimum absolute atomic E-state index is 0.137. The van der Waals surface area contributed by atoms with E-state index in [1.165, 1.54) is 0 Å². The van der Waals surface area contributed by atoms with Gasteiger partial charge in [0, 0.05) is 26.1 Å². The molecule has 0 radical (unpaired) electrons. The van der Waals surface area contributed by atoms with E-state index in [1.807, 2.05) is 18.4 Å². The van der Waals surface area contributed by atoms with E-state index in [0.29, 0.717) is 24.8 Å². The molecule has 0 aliphatic carbocycles. The summed E-state index contributed by atoms with van der Waals surface area (Å²) in [7, 11) is 0. The topological polar surface area (TPSA) is 123 Å². The van der Waals surface area contributed by atoms with Crippen molar-refractivity contribution in [3.05, 3.63) is 35.8 Å². The van der Waals surface area contributed by atoms with Gasteiger partial charge in [-0.25, -0.2) is 4.99 Å². The second-order valence-electron chi connectivity index (χ2n) is 5.05. The first-order valence-corrected chi connectivity index (χ1v) is 7.91. The van der Waals surface area contributed by atoms with E-state index in [2.05, 4.69) is 25.8 Å². The SMILES string of the molecule is CCNC(=NCc1ccc(C(N)=O)o1)NCCn1cnnc1CC. The summed E-state index contributed by atoms with van der Waals surface area (Å²) in [6, 6.07) is 3.24. The fraction of sp³-hybridized carbons (Fsp3) is 0.467.